The minimum atomic E-state index is -0.975. The van der Waals surface area contributed by atoms with E-state index in [1.54, 1.807) is 0 Å². The molecule has 3 N–H and O–H groups in total. The Labute approximate surface area is 196 Å². The smallest absolute Gasteiger partial charge is 0.328 e. The van der Waals surface area contributed by atoms with Gasteiger partial charge in [0.2, 0.25) is 0 Å². The molecule has 0 saturated heterocycles. The summed E-state index contributed by atoms with van der Waals surface area (Å²) < 4.78 is 15.6. The molecule has 2 aromatic carbocycles. The van der Waals surface area contributed by atoms with Gasteiger partial charge in [0.05, 0.1) is 30.9 Å². The molecule has 10 heteroatoms. The second-order valence-electron chi connectivity index (χ2n) is 6.70. The van der Waals surface area contributed by atoms with Crippen LogP contribution in [0, 0.1) is 0 Å². The summed E-state index contributed by atoms with van der Waals surface area (Å²) in [5.74, 6) is -1.84. The molecule has 0 aliphatic heterocycles. The van der Waals surface area contributed by atoms with Crippen LogP contribution in [-0.4, -0.2) is 63.5 Å². The first-order valence-corrected chi connectivity index (χ1v) is 10.6. The Balaban J connectivity index is 2.11. The molecule has 0 aromatic heterocycles. The van der Waals surface area contributed by atoms with Crippen LogP contribution in [0.3, 0.4) is 0 Å². The van der Waals surface area contributed by atoms with Crippen LogP contribution in [-0.2, 0) is 20.7 Å². The number of halogens is 2. The third kappa shape index (κ3) is 7.27. The fourth-order valence-electron chi connectivity index (χ4n) is 2.80. The molecule has 0 spiro atoms. The number of aromatic hydroxyl groups is 1. The monoisotopic (exact) mass is 484 g/mol. The summed E-state index contributed by atoms with van der Waals surface area (Å²) >= 11 is 12.4. The molecular weight excluding hydrogens is 459 g/mol. The number of phenolic OH excluding ortho intramolecular Hbond substituents is 1. The van der Waals surface area contributed by atoms with Crippen LogP contribution in [0.2, 0.25) is 10.0 Å². The molecule has 0 fully saturated rings. The summed E-state index contributed by atoms with van der Waals surface area (Å²) in [6, 6.07) is 9.38. The van der Waals surface area contributed by atoms with Crippen molar-refractivity contribution in [2.24, 2.45) is 0 Å². The number of nitrogens with one attached hydrogen (secondary N) is 2. The number of phenols is 1. The van der Waals surface area contributed by atoms with E-state index in [1.807, 2.05) is 37.4 Å². The SMILES string of the molecule is CNCCOCCOc1c(Cl)cc(C(=O)N[C@@H](Cc2ccccc2)C(=O)OC)c(O)c1Cl. The van der Waals surface area contributed by atoms with Gasteiger partial charge < -0.3 is 30.0 Å². The Hall–Kier alpha value is -2.52. The molecule has 0 bridgehead atoms. The van der Waals surface area contributed by atoms with Crippen molar-refractivity contribution in [3.05, 3.63) is 57.6 Å². The van der Waals surface area contributed by atoms with Gasteiger partial charge in [0.25, 0.3) is 5.91 Å². The molecule has 2 rings (SSSR count). The Morgan fingerprint density at radius 3 is 2.50 bits per heavy atom. The number of ether oxygens (including phenoxy) is 3. The molecule has 0 radical (unpaired) electrons. The lowest BCUT2D eigenvalue weighted by atomic mass is 10.1. The van der Waals surface area contributed by atoms with Gasteiger partial charge in [0.1, 0.15) is 17.7 Å². The molecule has 0 aliphatic rings. The van der Waals surface area contributed by atoms with E-state index in [0.717, 1.165) is 5.56 Å². The van der Waals surface area contributed by atoms with E-state index >= 15 is 0 Å². The van der Waals surface area contributed by atoms with E-state index in [1.165, 1.54) is 13.2 Å². The van der Waals surface area contributed by atoms with E-state index in [-0.39, 0.29) is 41.0 Å². The molecule has 0 aliphatic carbocycles. The number of rotatable bonds is 12. The summed E-state index contributed by atoms with van der Waals surface area (Å²) in [7, 11) is 3.04. The fraction of sp³-hybridized carbons (Fsp3) is 0.364. The Morgan fingerprint density at radius 1 is 1.12 bits per heavy atom. The van der Waals surface area contributed by atoms with Crippen molar-refractivity contribution in [2.45, 2.75) is 12.5 Å². The zero-order valence-corrected chi connectivity index (χ0v) is 19.3. The first-order chi connectivity index (χ1) is 15.4. The lowest BCUT2D eigenvalue weighted by Crippen LogP contribution is -2.43. The van der Waals surface area contributed by atoms with Gasteiger partial charge in [0.15, 0.2) is 11.5 Å². The highest BCUT2D eigenvalue weighted by Crippen LogP contribution is 2.42. The van der Waals surface area contributed by atoms with E-state index in [0.29, 0.717) is 13.2 Å². The van der Waals surface area contributed by atoms with Gasteiger partial charge in [0, 0.05) is 13.0 Å². The predicted octanol–water partition coefficient (Wildman–Crippen LogP) is 2.83. The molecule has 1 atom stereocenters. The summed E-state index contributed by atoms with van der Waals surface area (Å²) in [5.41, 5.74) is 0.628. The first-order valence-electron chi connectivity index (χ1n) is 9.87. The molecule has 0 unspecified atom stereocenters. The zero-order chi connectivity index (χ0) is 23.5. The second-order valence-corrected chi connectivity index (χ2v) is 7.49. The summed E-state index contributed by atoms with van der Waals surface area (Å²) in [4.78, 5) is 25.0. The van der Waals surface area contributed by atoms with Crippen molar-refractivity contribution in [3.8, 4) is 11.5 Å². The van der Waals surface area contributed by atoms with E-state index in [9.17, 15) is 14.7 Å². The number of likely N-dealkylation sites (N-methyl/N-ethyl adjacent to an activating group) is 1. The average Bonchev–Trinajstić information content (AvgIpc) is 2.80. The molecule has 1 amide bonds. The molecule has 0 heterocycles. The van der Waals surface area contributed by atoms with Gasteiger partial charge in [-0.3, -0.25) is 4.79 Å². The minimum absolute atomic E-state index is 0.0332. The topological polar surface area (TPSA) is 106 Å². The molecule has 8 nitrogen and oxygen atoms in total. The number of esters is 1. The van der Waals surface area contributed by atoms with Crippen molar-refractivity contribution in [2.75, 3.05) is 40.5 Å². The maximum atomic E-state index is 12.8. The molecular formula is C22H26Cl2N2O6. The van der Waals surface area contributed by atoms with Crippen LogP contribution in [0.25, 0.3) is 0 Å². The molecule has 0 saturated carbocycles. The Kier molecular flexibility index (Phi) is 10.6. The first kappa shape index (κ1) is 25.7. The van der Waals surface area contributed by atoms with Gasteiger partial charge in [-0.15, -0.1) is 0 Å². The van der Waals surface area contributed by atoms with Crippen LogP contribution in [0.4, 0.5) is 0 Å². The van der Waals surface area contributed by atoms with Crippen LogP contribution in [0.5, 0.6) is 11.5 Å². The third-order valence-electron chi connectivity index (χ3n) is 4.44. The minimum Gasteiger partial charge on any atom is -0.505 e. The summed E-state index contributed by atoms with van der Waals surface area (Å²) in [6.45, 7) is 1.65. The quantitative estimate of drug-likeness (QED) is 0.314. The van der Waals surface area contributed by atoms with Crippen molar-refractivity contribution in [3.63, 3.8) is 0 Å². The number of methoxy groups -OCH3 is 1. The van der Waals surface area contributed by atoms with Crippen LogP contribution < -0.4 is 15.4 Å². The molecule has 174 valence electrons. The predicted molar refractivity (Wildman–Crippen MR) is 122 cm³/mol. The van der Waals surface area contributed by atoms with Crippen LogP contribution >= 0.6 is 23.2 Å². The highest BCUT2D eigenvalue weighted by Gasteiger charge is 2.26. The van der Waals surface area contributed by atoms with E-state index in [2.05, 4.69) is 10.6 Å². The number of carbonyl (C=O) groups excluding carboxylic acids is 2. The van der Waals surface area contributed by atoms with E-state index < -0.39 is 23.7 Å². The Morgan fingerprint density at radius 2 is 1.84 bits per heavy atom. The van der Waals surface area contributed by atoms with Gasteiger partial charge in [-0.2, -0.15) is 0 Å². The average molecular weight is 485 g/mol. The normalized spacial score (nSPS) is 11.6. The zero-order valence-electron chi connectivity index (χ0n) is 17.8. The number of amides is 1. The maximum absolute atomic E-state index is 12.8. The number of carbonyl (C=O) groups is 2. The maximum Gasteiger partial charge on any atom is 0.328 e. The van der Waals surface area contributed by atoms with Gasteiger partial charge >= 0.3 is 5.97 Å². The number of benzene rings is 2. The largest absolute Gasteiger partial charge is 0.505 e. The third-order valence-corrected chi connectivity index (χ3v) is 5.07. The summed E-state index contributed by atoms with van der Waals surface area (Å²) in [5, 5.41) is 15.8. The van der Waals surface area contributed by atoms with Gasteiger partial charge in [-0.05, 0) is 18.7 Å². The highest BCUT2D eigenvalue weighted by atomic mass is 35.5. The Bertz CT molecular complexity index is 911. The van der Waals surface area contributed by atoms with Crippen LogP contribution in [0.15, 0.2) is 36.4 Å². The lowest BCUT2D eigenvalue weighted by Gasteiger charge is -2.18. The molecule has 2 aromatic rings. The van der Waals surface area contributed by atoms with E-state index in [4.69, 9.17) is 37.4 Å². The lowest BCUT2D eigenvalue weighted by molar-refractivity contribution is -0.142. The summed E-state index contributed by atoms with van der Waals surface area (Å²) in [6.07, 6.45) is 0.205. The van der Waals surface area contributed by atoms with Crippen molar-refractivity contribution in [1.29, 1.82) is 0 Å². The number of hydrogen-bond donors (Lipinski definition) is 3. The second kappa shape index (κ2) is 13.1. The van der Waals surface area contributed by atoms with Crippen molar-refractivity contribution >= 4 is 35.1 Å². The van der Waals surface area contributed by atoms with Gasteiger partial charge in [-0.1, -0.05) is 53.5 Å². The molecule has 32 heavy (non-hydrogen) atoms. The fourth-order valence-corrected chi connectivity index (χ4v) is 3.36. The highest BCUT2D eigenvalue weighted by molar-refractivity contribution is 6.39. The van der Waals surface area contributed by atoms with Crippen molar-refractivity contribution < 1.29 is 28.9 Å². The van der Waals surface area contributed by atoms with Crippen molar-refractivity contribution in [1.82, 2.24) is 10.6 Å². The number of hydrogen-bond acceptors (Lipinski definition) is 7. The van der Waals surface area contributed by atoms with Crippen LogP contribution in [0.1, 0.15) is 15.9 Å². The standard InChI is InChI=1S/C22H26Cl2N2O6/c1-25-8-9-31-10-11-32-20-16(23)13-15(19(27)18(20)24)21(28)26-17(22(29)30-2)12-14-6-4-3-5-7-14/h3-7,13,17,25,27H,8-12H2,1-2H3,(H,26,28)/t17-/m0/s1. The van der Waals surface area contributed by atoms with Gasteiger partial charge in [-0.25, -0.2) is 4.79 Å².